The fraction of sp³-hybridized carbons (Fsp3) is 0.190. The molecule has 0 saturated carbocycles. The van der Waals surface area contributed by atoms with Gasteiger partial charge in [-0.1, -0.05) is 17.7 Å². The topological polar surface area (TPSA) is 110 Å². The zero-order valence-corrected chi connectivity index (χ0v) is 19.8. The molecule has 0 bridgehead atoms. The van der Waals surface area contributed by atoms with Crippen molar-refractivity contribution in [3.8, 4) is 0 Å². The number of rotatable bonds is 7. The second-order valence-electron chi connectivity index (χ2n) is 6.80. The molecule has 1 aromatic carbocycles. The highest BCUT2D eigenvalue weighted by Crippen LogP contribution is 2.24. The Morgan fingerprint density at radius 2 is 2.15 bits per heavy atom. The van der Waals surface area contributed by atoms with E-state index in [1.165, 1.54) is 24.6 Å². The first-order valence-electron chi connectivity index (χ1n) is 9.84. The van der Waals surface area contributed by atoms with Gasteiger partial charge in [0.15, 0.2) is 11.5 Å². The first kappa shape index (κ1) is 22.9. The fourth-order valence-electron chi connectivity index (χ4n) is 2.91. The van der Waals surface area contributed by atoms with Crippen molar-refractivity contribution < 1.29 is 14.3 Å². The number of nitrogens with one attached hydrogen (secondary N) is 2. The van der Waals surface area contributed by atoms with Crippen LogP contribution < -0.4 is 15.4 Å². The first-order chi connectivity index (χ1) is 16.0. The van der Waals surface area contributed by atoms with Crippen LogP contribution in [0.2, 0.25) is 5.02 Å². The maximum absolute atomic E-state index is 12.4. The number of halogens is 1. The number of urea groups is 1. The number of thiazole rings is 1. The van der Waals surface area contributed by atoms with Crippen molar-refractivity contribution in [1.82, 2.24) is 14.5 Å². The van der Waals surface area contributed by atoms with Gasteiger partial charge in [-0.3, -0.25) is 9.36 Å². The van der Waals surface area contributed by atoms with E-state index in [0.29, 0.717) is 28.5 Å². The Balaban J connectivity index is 1.48. The molecule has 0 fully saturated rings. The third-order valence-electron chi connectivity index (χ3n) is 4.35. The Hall–Kier alpha value is -3.28. The zero-order valence-electron chi connectivity index (χ0n) is 17.4. The highest BCUT2D eigenvalue weighted by atomic mass is 35.5. The van der Waals surface area contributed by atoms with Crippen LogP contribution in [0.15, 0.2) is 53.2 Å². The fourth-order valence-corrected chi connectivity index (χ4v) is 4.88. The standard InChI is InChI=1S/C21H19ClN6O3S2/c1-13(29)31-12-28-10-16(5-7-23-19-18-17(6-8-32-18)24-11-25-19)33-21(28)27-20(30)26-15-4-2-3-14(22)9-15/h2-4,6,8-11H,5,7,12H2,1H3,(H,26,30)(H,23,24,25)/b27-21-. The van der Waals surface area contributed by atoms with Gasteiger partial charge in [0.25, 0.3) is 0 Å². The van der Waals surface area contributed by atoms with Crippen LogP contribution >= 0.6 is 34.3 Å². The van der Waals surface area contributed by atoms with Gasteiger partial charge in [0, 0.05) is 41.7 Å². The molecule has 4 rings (SSSR count). The Kier molecular flexibility index (Phi) is 7.33. The van der Waals surface area contributed by atoms with Crippen molar-refractivity contribution in [3.05, 3.63) is 62.9 Å². The molecule has 0 saturated heterocycles. The van der Waals surface area contributed by atoms with E-state index in [9.17, 15) is 9.59 Å². The smallest absolute Gasteiger partial charge is 0.348 e. The van der Waals surface area contributed by atoms with Gasteiger partial charge in [0.1, 0.15) is 12.1 Å². The van der Waals surface area contributed by atoms with Crippen molar-refractivity contribution in [2.75, 3.05) is 17.2 Å². The van der Waals surface area contributed by atoms with E-state index in [2.05, 4.69) is 25.6 Å². The number of hydrogen-bond donors (Lipinski definition) is 2. The number of thiophene rings is 1. The molecule has 0 aliphatic carbocycles. The van der Waals surface area contributed by atoms with Crippen molar-refractivity contribution >= 4 is 68.0 Å². The van der Waals surface area contributed by atoms with E-state index in [4.69, 9.17) is 16.3 Å². The summed E-state index contributed by atoms with van der Waals surface area (Å²) in [6, 6.07) is 8.19. The Morgan fingerprint density at radius 3 is 2.97 bits per heavy atom. The van der Waals surface area contributed by atoms with Crippen LogP contribution in [-0.4, -0.2) is 33.1 Å². The van der Waals surface area contributed by atoms with E-state index >= 15 is 0 Å². The van der Waals surface area contributed by atoms with Crippen LogP contribution in [0, 0.1) is 0 Å². The summed E-state index contributed by atoms with van der Waals surface area (Å²) < 4.78 is 7.73. The van der Waals surface area contributed by atoms with Crippen LogP contribution in [0.25, 0.3) is 10.2 Å². The molecule has 0 aliphatic rings. The summed E-state index contributed by atoms with van der Waals surface area (Å²) in [5.41, 5.74) is 1.44. The molecular formula is C21H19ClN6O3S2. The largest absolute Gasteiger partial charge is 0.444 e. The van der Waals surface area contributed by atoms with E-state index in [1.807, 2.05) is 17.6 Å². The molecule has 0 spiro atoms. The number of carbonyl (C=O) groups excluding carboxylic acids is 2. The molecule has 3 aromatic heterocycles. The van der Waals surface area contributed by atoms with Crippen LogP contribution in [0.5, 0.6) is 0 Å². The predicted molar refractivity (Wildman–Crippen MR) is 130 cm³/mol. The number of aromatic nitrogens is 3. The average Bonchev–Trinajstić information content (AvgIpc) is 3.39. The third-order valence-corrected chi connectivity index (χ3v) is 6.58. The number of fused-ring (bicyclic) bond motifs is 1. The highest BCUT2D eigenvalue weighted by molar-refractivity contribution is 7.17. The summed E-state index contributed by atoms with van der Waals surface area (Å²) in [4.78, 5) is 37.8. The molecule has 33 heavy (non-hydrogen) atoms. The molecule has 0 unspecified atom stereocenters. The third kappa shape index (κ3) is 6.15. The molecule has 9 nitrogen and oxygen atoms in total. The van der Waals surface area contributed by atoms with Gasteiger partial charge >= 0.3 is 12.0 Å². The lowest BCUT2D eigenvalue weighted by atomic mass is 10.3. The number of carbonyl (C=O) groups is 2. The summed E-state index contributed by atoms with van der Waals surface area (Å²) in [6.45, 7) is 1.91. The molecule has 0 atom stereocenters. The molecular weight excluding hydrogens is 484 g/mol. The summed E-state index contributed by atoms with van der Waals surface area (Å²) in [7, 11) is 0. The maximum atomic E-state index is 12.4. The quantitative estimate of drug-likeness (QED) is 0.359. The number of nitrogens with zero attached hydrogens (tertiary/aromatic N) is 4. The second kappa shape index (κ2) is 10.6. The minimum Gasteiger partial charge on any atom is -0.444 e. The lowest BCUT2D eigenvalue weighted by Crippen LogP contribution is -2.20. The number of ether oxygens (including phenoxy) is 1. The first-order valence-corrected chi connectivity index (χ1v) is 11.9. The van der Waals surface area contributed by atoms with Gasteiger partial charge in [-0.05, 0) is 29.6 Å². The van der Waals surface area contributed by atoms with Gasteiger partial charge in [0.05, 0.1) is 10.2 Å². The maximum Gasteiger partial charge on any atom is 0.348 e. The minimum absolute atomic E-state index is 0.0374. The van der Waals surface area contributed by atoms with E-state index in [0.717, 1.165) is 20.9 Å². The molecule has 4 aromatic rings. The van der Waals surface area contributed by atoms with Gasteiger partial charge < -0.3 is 15.4 Å². The van der Waals surface area contributed by atoms with E-state index < -0.39 is 12.0 Å². The molecule has 3 heterocycles. The van der Waals surface area contributed by atoms with Gasteiger partial charge in [0.2, 0.25) is 0 Å². The van der Waals surface area contributed by atoms with Crippen LogP contribution in [0.1, 0.15) is 11.8 Å². The minimum atomic E-state index is -0.554. The lowest BCUT2D eigenvalue weighted by molar-refractivity contribution is -0.144. The number of benzene rings is 1. The van der Waals surface area contributed by atoms with E-state index in [1.54, 1.807) is 40.2 Å². The number of hydrogen-bond acceptors (Lipinski definition) is 8. The SMILES string of the molecule is CC(=O)OCn1cc(CCNc2ncnc3ccsc23)s/c1=N\C(=O)Nc1cccc(Cl)c1. The molecule has 12 heteroatoms. The van der Waals surface area contributed by atoms with Crippen molar-refractivity contribution in [3.63, 3.8) is 0 Å². The van der Waals surface area contributed by atoms with Crippen molar-refractivity contribution in [2.45, 2.75) is 20.1 Å². The molecule has 2 N–H and O–H groups in total. The summed E-state index contributed by atoms with van der Waals surface area (Å²) in [5.74, 6) is 0.361. The normalized spacial score (nSPS) is 11.5. The number of esters is 1. The molecule has 170 valence electrons. The Morgan fingerprint density at radius 1 is 1.27 bits per heavy atom. The number of anilines is 2. The monoisotopic (exact) mass is 502 g/mol. The molecule has 0 radical (unpaired) electrons. The molecule has 2 amide bonds. The summed E-state index contributed by atoms with van der Waals surface area (Å²) in [6.07, 6.45) is 4.01. The summed E-state index contributed by atoms with van der Waals surface area (Å²) >= 11 is 8.88. The number of amides is 2. The van der Waals surface area contributed by atoms with Crippen LogP contribution in [0.3, 0.4) is 0 Å². The van der Waals surface area contributed by atoms with Crippen molar-refractivity contribution in [1.29, 1.82) is 0 Å². The Bertz CT molecular complexity index is 1360. The Labute approximate surface area is 201 Å². The highest BCUT2D eigenvalue weighted by Gasteiger charge is 2.09. The van der Waals surface area contributed by atoms with Crippen molar-refractivity contribution in [2.24, 2.45) is 4.99 Å². The zero-order chi connectivity index (χ0) is 23.2. The van der Waals surface area contributed by atoms with Gasteiger partial charge in [-0.2, -0.15) is 4.99 Å². The molecule has 0 aliphatic heterocycles. The van der Waals surface area contributed by atoms with Gasteiger partial charge in [-0.15, -0.1) is 22.7 Å². The van der Waals surface area contributed by atoms with Crippen LogP contribution in [-0.2, 0) is 22.7 Å². The lowest BCUT2D eigenvalue weighted by Gasteiger charge is -2.05. The van der Waals surface area contributed by atoms with Gasteiger partial charge in [-0.25, -0.2) is 14.8 Å². The van der Waals surface area contributed by atoms with E-state index in [-0.39, 0.29) is 6.73 Å². The second-order valence-corrected chi connectivity index (χ2v) is 9.25. The average molecular weight is 503 g/mol. The van der Waals surface area contributed by atoms with Crippen LogP contribution in [0.4, 0.5) is 16.3 Å². The summed E-state index contributed by atoms with van der Waals surface area (Å²) in [5, 5.41) is 8.49. The predicted octanol–water partition coefficient (Wildman–Crippen LogP) is 4.52.